The van der Waals surface area contributed by atoms with Crippen LogP contribution in [0.4, 0.5) is 11.9 Å². The summed E-state index contributed by atoms with van der Waals surface area (Å²) in [6, 6.07) is 20.0. The zero-order chi connectivity index (χ0) is 39.9. The zero-order valence-electron chi connectivity index (χ0n) is 32.4. The van der Waals surface area contributed by atoms with Crippen molar-refractivity contribution in [2.45, 2.75) is 64.5 Å². The van der Waals surface area contributed by atoms with Crippen LogP contribution in [0.1, 0.15) is 49.9 Å². The fourth-order valence-corrected chi connectivity index (χ4v) is 7.71. The monoisotopic (exact) mass is 794 g/mol. The number of aryl methyl sites for hydroxylation is 2. The molecule has 0 unspecified atom stereocenters. The van der Waals surface area contributed by atoms with Gasteiger partial charge >= 0.3 is 5.97 Å². The van der Waals surface area contributed by atoms with Crippen molar-refractivity contribution in [3.05, 3.63) is 84.4 Å². The first-order chi connectivity index (χ1) is 28.1. The molecule has 10 rings (SSSR count). The average Bonchev–Trinajstić information content (AvgIpc) is 4.05. The van der Waals surface area contributed by atoms with Crippen LogP contribution in [0.2, 0.25) is 0 Å². The molecule has 8 N–H and O–H groups in total. The normalized spacial score (nSPS) is 18.7. The summed E-state index contributed by atoms with van der Waals surface area (Å²) in [5, 5.41) is 34.6. The second-order valence-corrected chi connectivity index (χ2v) is 14.9. The van der Waals surface area contributed by atoms with Crippen molar-refractivity contribution in [1.82, 2.24) is 66.0 Å². The lowest BCUT2D eigenvalue weighted by molar-refractivity contribution is -0.141. The Morgan fingerprint density at radius 3 is 1.56 bits per heavy atom. The third-order valence-electron chi connectivity index (χ3n) is 10.8. The number of fused-ring (bicyclic) bond motifs is 4. The zero-order valence-corrected chi connectivity index (χ0v) is 32.4. The van der Waals surface area contributed by atoms with Crippen molar-refractivity contribution in [2.24, 2.45) is 17.6 Å². The van der Waals surface area contributed by atoms with Crippen LogP contribution in [-0.4, -0.2) is 89.0 Å². The topological polar surface area (TPSA) is 278 Å². The van der Waals surface area contributed by atoms with E-state index in [0.717, 1.165) is 63.8 Å². The molecule has 0 radical (unpaired) electrons. The number of primary amides is 1. The Kier molecular flexibility index (Phi) is 10.4. The smallest absolute Gasteiger partial charge is 0.306 e. The predicted molar refractivity (Wildman–Crippen MR) is 220 cm³/mol. The molecule has 1 amide bonds. The number of benzene rings is 2. The largest absolute Gasteiger partial charge is 0.481 e. The van der Waals surface area contributed by atoms with E-state index in [-0.39, 0.29) is 36.0 Å². The van der Waals surface area contributed by atoms with Gasteiger partial charge in [-0.2, -0.15) is 19.3 Å². The van der Waals surface area contributed by atoms with Gasteiger partial charge < -0.3 is 27.6 Å². The molecule has 4 atom stereocenters. The van der Waals surface area contributed by atoms with Crippen LogP contribution in [0.5, 0.6) is 0 Å². The van der Waals surface area contributed by atoms with Gasteiger partial charge in [-0.25, -0.2) is 9.97 Å². The highest BCUT2D eigenvalue weighted by Gasteiger charge is 2.31. The van der Waals surface area contributed by atoms with Crippen LogP contribution < -0.4 is 22.5 Å². The minimum Gasteiger partial charge on any atom is -0.481 e. The Hall–Kier alpha value is -7.28. The van der Waals surface area contributed by atoms with E-state index in [2.05, 4.69) is 61.2 Å². The summed E-state index contributed by atoms with van der Waals surface area (Å²) < 4.78 is 3.37. The summed E-state index contributed by atoms with van der Waals surface area (Å²) in [5.41, 5.74) is 13.3. The molecule has 0 spiro atoms. The fraction of sp³-hybridized carbons (Fsp3) is 0.300. The van der Waals surface area contributed by atoms with E-state index in [4.69, 9.17) is 5.73 Å². The molecule has 19 heteroatoms. The number of rotatable bonds is 8. The lowest BCUT2D eigenvalue weighted by atomic mass is 10.1. The number of carbonyl (C=O) groups excluding carboxylic acids is 1. The summed E-state index contributed by atoms with van der Waals surface area (Å²) in [6.45, 7) is 3.94. The number of anilines is 2. The predicted octanol–water partition coefficient (Wildman–Crippen LogP) is 5.03. The SMILES string of the molecule is Cc1ccc2cc(-n3nnc4cnc(N[C@@H]5CC[C@@H](C(=O)O)C5)nc43)ccc2n1.Cc1ccc2cc(-n3nnc4cnc(N[C@@H]5CC[C@@H](C(N)=O)C5)nc43)ccc2n1.N. The third kappa shape index (κ3) is 7.99. The number of carboxylic acid groups (broad SMARTS) is 1. The quantitative estimate of drug-likeness (QED) is 0.135. The number of hydrogen-bond acceptors (Lipinski definition) is 15. The summed E-state index contributed by atoms with van der Waals surface area (Å²) in [5.74, 6) is -0.427. The Balaban J connectivity index is 0.000000161. The fourth-order valence-electron chi connectivity index (χ4n) is 7.71. The van der Waals surface area contributed by atoms with Gasteiger partial charge in [0.1, 0.15) is 0 Å². The van der Waals surface area contributed by atoms with Crippen molar-refractivity contribution >= 4 is 67.9 Å². The van der Waals surface area contributed by atoms with Crippen LogP contribution in [-0.2, 0) is 9.59 Å². The molecule has 2 saturated carbocycles. The summed E-state index contributed by atoms with van der Waals surface area (Å²) >= 11 is 0. The van der Waals surface area contributed by atoms with Gasteiger partial charge in [-0.1, -0.05) is 22.6 Å². The molecule has 0 bridgehead atoms. The van der Waals surface area contributed by atoms with Crippen molar-refractivity contribution in [3.63, 3.8) is 0 Å². The number of hydrogen-bond donors (Lipinski definition) is 5. The van der Waals surface area contributed by atoms with E-state index >= 15 is 0 Å². The summed E-state index contributed by atoms with van der Waals surface area (Å²) in [7, 11) is 0. The first kappa shape index (κ1) is 38.6. The van der Waals surface area contributed by atoms with E-state index in [1.165, 1.54) is 0 Å². The van der Waals surface area contributed by atoms with Crippen LogP contribution in [0, 0.1) is 25.7 Å². The molecule has 6 heterocycles. The van der Waals surface area contributed by atoms with Gasteiger partial charge in [0.25, 0.3) is 0 Å². The Morgan fingerprint density at radius 1 is 0.644 bits per heavy atom. The van der Waals surface area contributed by atoms with Gasteiger partial charge in [0, 0.05) is 40.2 Å². The highest BCUT2D eigenvalue weighted by molar-refractivity contribution is 5.83. The lowest BCUT2D eigenvalue weighted by Crippen LogP contribution is -2.23. The van der Waals surface area contributed by atoms with Crippen molar-refractivity contribution in [3.8, 4) is 11.4 Å². The van der Waals surface area contributed by atoms with Gasteiger partial charge in [0.05, 0.1) is 40.7 Å². The number of nitrogens with zero attached hydrogens (tertiary/aromatic N) is 12. The molecular weight excluding hydrogens is 753 g/mol. The highest BCUT2D eigenvalue weighted by atomic mass is 16.4. The number of nitrogens with two attached hydrogens (primary N) is 1. The molecule has 8 aromatic rings. The maximum absolute atomic E-state index is 11.4. The second kappa shape index (κ2) is 15.9. The number of amides is 1. The average molecular weight is 795 g/mol. The molecule has 2 aliphatic carbocycles. The maximum Gasteiger partial charge on any atom is 0.306 e. The second-order valence-electron chi connectivity index (χ2n) is 14.9. The Morgan fingerprint density at radius 2 is 1.12 bits per heavy atom. The number of carbonyl (C=O) groups is 2. The number of aliphatic carboxylic acids is 1. The highest BCUT2D eigenvalue weighted by Crippen LogP contribution is 2.29. The molecule has 19 nitrogen and oxygen atoms in total. The first-order valence-corrected chi connectivity index (χ1v) is 19.1. The maximum atomic E-state index is 11.4. The molecule has 2 aliphatic rings. The van der Waals surface area contributed by atoms with Gasteiger partial charge in [-0.05, 0) is 101 Å². The van der Waals surface area contributed by atoms with E-state index < -0.39 is 5.97 Å². The molecule has 2 fully saturated rings. The van der Waals surface area contributed by atoms with Gasteiger partial charge in [0.2, 0.25) is 17.8 Å². The van der Waals surface area contributed by atoms with Crippen molar-refractivity contribution in [2.75, 3.05) is 10.6 Å². The number of aromatic nitrogens is 12. The minimum atomic E-state index is -0.742. The Bertz CT molecular complexity index is 2670. The van der Waals surface area contributed by atoms with Crippen LogP contribution in [0.3, 0.4) is 0 Å². The molecule has 2 aromatic carbocycles. The summed E-state index contributed by atoms with van der Waals surface area (Å²) in [6.07, 6.45) is 7.66. The minimum absolute atomic E-state index is 0. The van der Waals surface area contributed by atoms with Gasteiger partial charge in [-0.3, -0.25) is 19.6 Å². The van der Waals surface area contributed by atoms with Crippen molar-refractivity contribution in [1.29, 1.82) is 0 Å². The molecule has 6 aromatic heterocycles. The molecular formula is C40H42N16O3. The number of nitrogens with one attached hydrogen (secondary N) is 2. The summed E-state index contributed by atoms with van der Waals surface area (Å²) in [4.78, 5) is 49.5. The molecule has 0 aliphatic heterocycles. The van der Waals surface area contributed by atoms with Crippen molar-refractivity contribution < 1.29 is 14.7 Å². The molecule has 0 saturated heterocycles. The number of carboxylic acids is 1. The van der Waals surface area contributed by atoms with Gasteiger partial charge in [0.15, 0.2) is 22.3 Å². The Labute approximate surface area is 336 Å². The molecule has 300 valence electrons. The van der Waals surface area contributed by atoms with E-state index in [1.54, 1.807) is 21.8 Å². The van der Waals surface area contributed by atoms with E-state index in [9.17, 15) is 14.7 Å². The van der Waals surface area contributed by atoms with E-state index in [0.29, 0.717) is 53.5 Å². The number of pyridine rings is 2. The van der Waals surface area contributed by atoms with E-state index in [1.807, 2.05) is 74.5 Å². The third-order valence-corrected chi connectivity index (χ3v) is 10.8. The van der Waals surface area contributed by atoms with Gasteiger partial charge in [-0.15, -0.1) is 10.2 Å². The van der Waals surface area contributed by atoms with Crippen LogP contribution >= 0.6 is 0 Å². The first-order valence-electron chi connectivity index (χ1n) is 19.1. The van der Waals surface area contributed by atoms with Crippen LogP contribution in [0.25, 0.3) is 55.5 Å². The molecule has 59 heavy (non-hydrogen) atoms. The lowest BCUT2D eigenvalue weighted by Gasteiger charge is -2.12. The standard InChI is InChI=1S/C20H20N8O.C20H19N7O2.H3N/c1-11-2-3-12-9-15(6-7-16(12)23-11)28-19-17(26-27-28)10-22-20(25-19)24-14-5-4-13(8-14)18(21)29;1-11-2-3-12-9-15(6-7-16(12)22-11)27-18-17(25-26-27)10-21-20(24-18)23-14-5-4-13(8-14)19(28)29;/h2-3,6-7,9-10,13-14H,4-5,8H2,1H3,(H2,21,29)(H,22,24,25);2-3,6-7,9-10,13-14H,4-5,8H2,1H3,(H,28,29)(H,21,23,24);1H3/t2*13-,14-;/m11./s1. The van der Waals surface area contributed by atoms with Crippen LogP contribution in [0.15, 0.2) is 73.1 Å².